The van der Waals surface area contributed by atoms with Crippen molar-refractivity contribution < 1.29 is 19.2 Å². The average Bonchev–Trinajstić information content (AvgIpc) is 3.71. The number of nitrogens with zero attached hydrogens (tertiary/aromatic N) is 6. The predicted molar refractivity (Wildman–Crippen MR) is 161 cm³/mol. The summed E-state index contributed by atoms with van der Waals surface area (Å²) in [5.74, 6) is -0.725. The van der Waals surface area contributed by atoms with Gasteiger partial charge in [0.25, 0.3) is 11.8 Å². The molecule has 0 bridgehead atoms. The van der Waals surface area contributed by atoms with E-state index in [1.807, 2.05) is 24.0 Å². The van der Waals surface area contributed by atoms with Crippen LogP contribution < -0.4 is 10.6 Å². The second-order valence-corrected chi connectivity index (χ2v) is 12.6. The van der Waals surface area contributed by atoms with Crippen LogP contribution in [-0.2, 0) is 29.6 Å². The molecular weight excluding hydrogens is 584 g/mol. The van der Waals surface area contributed by atoms with Crippen LogP contribution in [0.3, 0.4) is 0 Å². The number of aromatic nitrogens is 4. The highest BCUT2D eigenvalue weighted by atomic mass is 35.5. The highest BCUT2D eigenvalue weighted by molar-refractivity contribution is 6.33. The van der Waals surface area contributed by atoms with Crippen LogP contribution in [0.1, 0.15) is 70.5 Å². The van der Waals surface area contributed by atoms with Gasteiger partial charge in [-0.3, -0.25) is 39.0 Å². The van der Waals surface area contributed by atoms with Gasteiger partial charge in [-0.1, -0.05) is 17.7 Å². The third-order valence-electron chi connectivity index (χ3n) is 9.07. The minimum Gasteiger partial charge on any atom is -0.351 e. The lowest BCUT2D eigenvalue weighted by Gasteiger charge is -2.32. The van der Waals surface area contributed by atoms with Crippen LogP contribution in [0.15, 0.2) is 30.6 Å². The molecule has 7 rings (SSSR count). The van der Waals surface area contributed by atoms with E-state index in [-0.39, 0.29) is 18.9 Å². The third kappa shape index (κ3) is 5.48. The Kier molecular flexibility index (Phi) is 7.41. The molecule has 2 aromatic heterocycles. The molecule has 1 aliphatic carbocycles. The monoisotopic (exact) mass is 616 g/mol. The number of fused-ring (bicyclic) bond motifs is 1. The number of anilines is 1. The van der Waals surface area contributed by atoms with Gasteiger partial charge in [0, 0.05) is 50.4 Å². The lowest BCUT2D eigenvalue weighted by Crippen LogP contribution is -2.54. The SMILES string of the molecule is Cn1ncc(-c2nc(NC3CCN(Cc4ccc5c(c4)C(=O)N(C4CCC(=O)NC4=O)C5=O)CC3)ncc2Cl)c1CC1CC1. The van der Waals surface area contributed by atoms with Gasteiger partial charge in [0.1, 0.15) is 6.04 Å². The molecule has 2 saturated heterocycles. The summed E-state index contributed by atoms with van der Waals surface area (Å²) < 4.78 is 1.91. The van der Waals surface area contributed by atoms with Crippen LogP contribution >= 0.6 is 11.6 Å². The molecule has 3 aromatic rings. The van der Waals surface area contributed by atoms with Crippen LogP contribution in [-0.4, -0.2) is 78.4 Å². The second-order valence-electron chi connectivity index (χ2n) is 12.2. The van der Waals surface area contributed by atoms with E-state index < -0.39 is 29.7 Å². The van der Waals surface area contributed by atoms with Crippen LogP contribution in [0.5, 0.6) is 0 Å². The minimum absolute atomic E-state index is 0.0942. The van der Waals surface area contributed by atoms with Crippen molar-refractivity contribution in [1.82, 2.24) is 34.9 Å². The van der Waals surface area contributed by atoms with Gasteiger partial charge in [-0.2, -0.15) is 5.10 Å². The molecule has 12 nitrogen and oxygen atoms in total. The Bertz CT molecular complexity index is 1680. The molecule has 5 heterocycles. The molecule has 44 heavy (non-hydrogen) atoms. The van der Waals surface area contributed by atoms with Gasteiger partial charge in [-0.05, 0) is 62.1 Å². The number of aryl methyl sites for hydroxylation is 1. The Balaban J connectivity index is 0.972. The zero-order valence-electron chi connectivity index (χ0n) is 24.4. The van der Waals surface area contributed by atoms with Crippen LogP contribution in [0.25, 0.3) is 11.3 Å². The third-order valence-corrected chi connectivity index (χ3v) is 9.35. The Hall–Kier alpha value is -4.16. The summed E-state index contributed by atoms with van der Waals surface area (Å²) in [5, 5.41) is 10.7. The number of rotatable bonds is 8. The number of nitrogens with one attached hydrogen (secondary N) is 2. The number of imide groups is 2. The van der Waals surface area contributed by atoms with E-state index in [4.69, 9.17) is 16.6 Å². The minimum atomic E-state index is -0.968. The summed E-state index contributed by atoms with van der Waals surface area (Å²) in [6.07, 6.45) is 8.96. The molecule has 1 aromatic carbocycles. The van der Waals surface area contributed by atoms with Crippen molar-refractivity contribution in [1.29, 1.82) is 0 Å². The van der Waals surface area contributed by atoms with E-state index in [1.54, 1.807) is 18.3 Å². The number of hydrogen-bond acceptors (Lipinski definition) is 9. The van der Waals surface area contributed by atoms with E-state index in [0.29, 0.717) is 40.3 Å². The fraction of sp³-hybridized carbons (Fsp3) is 0.452. The topological polar surface area (TPSA) is 142 Å². The highest BCUT2D eigenvalue weighted by Crippen LogP contribution is 2.37. The number of carbonyl (C=O) groups is 4. The summed E-state index contributed by atoms with van der Waals surface area (Å²) in [6.45, 7) is 2.30. The summed E-state index contributed by atoms with van der Waals surface area (Å²) in [4.78, 5) is 62.6. The number of hydrogen-bond donors (Lipinski definition) is 2. The van der Waals surface area contributed by atoms with Crippen molar-refractivity contribution >= 4 is 41.2 Å². The highest BCUT2D eigenvalue weighted by Gasteiger charge is 2.44. The number of benzene rings is 1. The van der Waals surface area contributed by atoms with Crippen molar-refractivity contribution in [3.8, 4) is 11.3 Å². The molecule has 1 unspecified atom stereocenters. The average molecular weight is 617 g/mol. The normalized spacial score (nSPS) is 21.1. The molecule has 13 heteroatoms. The van der Waals surface area contributed by atoms with E-state index in [0.717, 1.165) is 54.1 Å². The fourth-order valence-corrected chi connectivity index (χ4v) is 6.61. The van der Waals surface area contributed by atoms with Crippen molar-refractivity contribution in [2.75, 3.05) is 18.4 Å². The Morgan fingerprint density at radius 3 is 2.50 bits per heavy atom. The summed E-state index contributed by atoms with van der Waals surface area (Å²) in [6, 6.07) is 4.51. The first-order chi connectivity index (χ1) is 21.2. The van der Waals surface area contributed by atoms with E-state index >= 15 is 0 Å². The summed E-state index contributed by atoms with van der Waals surface area (Å²) >= 11 is 6.55. The molecule has 0 radical (unpaired) electrons. The predicted octanol–water partition coefficient (Wildman–Crippen LogP) is 2.96. The number of carbonyl (C=O) groups excluding carboxylic acids is 4. The molecule has 228 valence electrons. The standard InChI is InChI=1S/C31H33ClN8O4/c1-38-25(13-17-2-3-17)22(14-34-38)27-23(32)15-33-31(37-27)35-19-8-10-39(11-9-19)16-18-4-5-20-21(12-18)30(44)40(29(20)43)24-6-7-26(41)36-28(24)42/h4-5,12,14-15,17,19,24H,2-3,6-11,13,16H2,1H3,(H,33,35,37)(H,36,41,42). The van der Waals surface area contributed by atoms with Crippen LogP contribution in [0.4, 0.5) is 5.95 Å². The van der Waals surface area contributed by atoms with Crippen LogP contribution in [0.2, 0.25) is 5.02 Å². The molecule has 2 N–H and O–H groups in total. The molecule has 4 aliphatic rings. The Labute approximate surface area is 259 Å². The maximum atomic E-state index is 13.2. The number of likely N-dealkylation sites (tertiary alicyclic amines) is 1. The molecule has 3 fully saturated rings. The number of piperidine rings is 2. The second kappa shape index (κ2) is 11.4. The van der Waals surface area contributed by atoms with E-state index in [2.05, 4.69) is 25.6 Å². The van der Waals surface area contributed by atoms with Gasteiger partial charge in [0.2, 0.25) is 17.8 Å². The summed E-state index contributed by atoms with van der Waals surface area (Å²) in [7, 11) is 1.96. The number of amides is 4. The molecule has 1 saturated carbocycles. The van der Waals surface area contributed by atoms with Gasteiger partial charge >= 0.3 is 0 Å². The largest absolute Gasteiger partial charge is 0.351 e. The van der Waals surface area contributed by atoms with Crippen molar-refractivity contribution in [2.24, 2.45) is 13.0 Å². The van der Waals surface area contributed by atoms with Gasteiger partial charge in [0.15, 0.2) is 0 Å². The first-order valence-electron chi connectivity index (χ1n) is 15.1. The zero-order valence-corrected chi connectivity index (χ0v) is 25.1. The molecular formula is C31H33ClN8O4. The fourth-order valence-electron chi connectivity index (χ4n) is 6.42. The van der Waals surface area contributed by atoms with Gasteiger partial charge in [0.05, 0.1) is 34.2 Å². The molecule has 1 atom stereocenters. The lowest BCUT2D eigenvalue weighted by atomic mass is 10.0. The smallest absolute Gasteiger partial charge is 0.262 e. The lowest BCUT2D eigenvalue weighted by molar-refractivity contribution is -0.136. The van der Waals surface area contributed by atoms with E-state index in [9.17, 15) is 19.2 Å². The number of halogens is 1. The Morgan fingerprint density at radius 2 is 1.75 bits per heavy atom. The summed E-state index contributed by atoms with van der Waals surface area (Å²) in [5.41, 5.74) is 4.32. The first kappa shape index (κ1) is 28.6. The van der Waals surface area contributed by atoms with Gasteiger partial charge < -0.3 is 5.32 Å². The molecule has 0 spiro atoms. The Morgan fingerprint density at radius 1 is 0.977 bits per heavy atom. The van der Waals surface area contributed by atoms with Gasteiger partial charge in [-0.25, -0.2) is 9.97 Å². The molecule has 3 aliphatic heterocycles. The maximum absolute atomic E-state index is 13.2. The maximum Gasteiger partial charge on any atom is 0.262 e. The zero-order chi connectivity index (χ0) is 30.5. The van der Waals surface area contributed by atoms with Crippen molar-refractivity contribution in [3.05, 3.63) is 58.0 Å². The van der Waals surface area contributed by atoms with Gasteiger partial charge in [-0.15, -0.1) is 0 Å². The first-order valence-corrected chi connectivity index (χ1v) is 15.5. The van der Waals surface area contributed by atoms with Crippen LogP contribution in [0, 0.1) is 5.92 Å². The van der Waals surface area contributed by atoms with Crippen molar-refractivity contribution in [3.63, 3.8) is 0 Å². The molecule has 4 amide bonds. The quantitative estimate of drug-likeness (QED) is 0.365. The van der Waals surface area contributed by atoms with E-state index in [1.165, 1.54) is 12.8 Å². The van der Waals surface area contributed by atoms with Crippen molar-refractivity contribution in [2.45, 2.75) is 63.6 Å².